The summed E-state index contributed by atoms with van der Waals surface area (Å²) in [6.45, 7) is 6.31. The summed E-state index contributed by atoms with van der Waals surface area (Å²) in [6.07, 6.45) is 0. The van der Waals surface area contributed by atoms with Crippen molar-refractivity contribution in [3.8, 4) is 0 Å². The summed E-state index contributed by atoms with van der Waals surface area (Å²) in [5.41, 5.74) is 2.79. The Morgan fingerprint density at radius 2 is 2.06 bits per heavy atom. The molecule has 1 aromatic carbocycles. The van der Waals surface area contributed by atoms with E-state index in [2.05, 4.69) is 0 Å². The van der Waals surface area contributed by atoms with E-state index in [9.17, 15) is 9.59 Å². The third-order valence-electron chi connectivity index (χ3n) is 3.13. The molecule has 18 heavy (non-hydrogen) atoms. The molecule has 0 aliphatic carbocycles. The SMILES string of the molecule is Cc1ccc2c(c1C)N(C(=O)C(=O)O)CC(C)S2. The van der Waals surface area contributed by atoms with Gasteiger partial charge in [-0.15, -0.1) is 11.8 Å². The molecule has 0 radical (unpaired) electrons. The molecule has 0 aromatic heterocycles. The number of fused-ring (bicyclic) bond motifs is 1. The minimum atomic E-state index is -1.40. The molecule has 0 saturated carbocycles. The first-order valence-corrected chi connectivity index (χ1v) is 6.61. The van der Waals surface area contributed by atoms with E-state index in [1.807, 2.05) is 32.9 Å². The first kappa shape index (κ1) is 13.0. The second-order valence-electron chi connectivity index (χ2n) is 4.50. The zero-order valence-electron chi connectivity index (χ0n) is 10.6. The predicted octanol–water partition coefficient (Wildman–Crippen LogP) is 2.22. The third kappa shape index (κ3) is 2.10. The Hall–Kier alpha value is -1.49. The Bertz CT molecular complexity index is 527. The summed E-state index contributed by atoms with van der Waals surface area (Å²) >= 11 is 1.68. The van der Waals surface area contributed by atoms with Crippen molar-refractivity contribution < 1.29 is 14.7 Å². The average molecular weight is 265 g/mol. The van der Waals surface area contributed by atoms with Gasteiger partial charge in [0.15, 0.2) is 0 Å². The molecule has 1 aliphatic heterocycles. The molecule has 2 rings (SSSR count). The highest BCUT2D eigenvalue weighted by Crippen LogP contribution is 2.41. The fourth-order valence-corrected chi connectivity index (χ4v) is 3.29. The molecule has 1 amide bonds. The van der Waals surface area contributed by atoms with Crippen molar-refractivity contribution in [3.05, 3.63) is 23.3 Å². The van der Waals surface area contributed by atoms with Crippen LogP contribution in [0.15, 0.2) is 17.0 Å². The number of carbonyl (C=O) groups is 2. The largest absolute Gasteiger partial charge is 0.474 e. The second-order valence-corrected chi connectivity index (χ2v) is 5.98. The van der Waals surface area contributed by atoms with Crippen molar-refractivity contribution >= 4 is 29.3 Å². The van der Waals surface area contributed by atoms with Crippen LogP contribution in [0.25, 0.3) is 0 Å². The molecular formula is C13H15NO3S. The number of anilines is 1. The normalized spacial score (nSPS) is 18.4. The van der Waals surface area contributed by atoms with Crippen molar-refractivity contribution in [2.24, 2.45) is 0 Å². The quantitative estimate of drug-likeness (QED) is 0.731. The van der Waals surface area contributed by atoms with Crippen molar-refractivity contribution in [2.75, 3.05) is 11.4 Å². The molecule has 96 valence electrons. The van der Waals surface area contributed by atoms with Gasteiger partial charge in [0, 0.05) is 16.7 Å². The molecule has 1 aromatic rings. The second kappa shape index (κ2) is 4.65. The van der Waals surface area contributed by atoms with Crippen LogP contribution in [0, 0.1) is 13.8 Å². The lowest BCUT2D eigenvalue weighted by atomic mass is 10.1. The average Bonchev–Trinajstić information content (AvgIpc) is 2.31. The molecule has 0 fully saturated rings. The number of rotatable bonds is 0. The monoisotopic (exact) mass is 265 g/mol. The van der Waals surface area contributed by atoms with Gasteiger partial charge in [-0.2, -0.15) is 0 Å². The summed E-state index contributed by atoms with van der Waals surface area (Å²) in [4.78, 5) is 25.1. The minimum Gasteiger partial charge on any atom is -0.474 e. The highest BCUT2D eigenvalue weighted by atomic mass is 32.2. The van der Waals surface area contributed by atoms with Gasteiger partial charge >= 0.3 is 11.9 Å². The van der Waals surface area contributed by atoms with Gasteiger partial charge in [-0.05, 0) is 31.0 Å². The summed E-state index contributed by atoms with van der Waals surface area (Å²) < 4.78 is 0. The van der Waals surface area contributed by atoms with Gasteiger partial charge < -0.3 is 10.0 Å². The van der Waals surface area contributed by atoms with Crippen molar-refractivity contribution in [1.29, 1.82) is 0 Å². The number of aryl methyl sites for hydroxylation is 1. The zero-order chi connectivity index (χ0) is 13.4. The van der Waals surface area contributed by atoms with E-state index in [0.29, 0.717) is 6.54 Å². The molecule has 1 heterocycles. The van der Waals surface area contributed by atoms with E-state index >= 15 is 0 Å². The molecule has 5 heteroatoms. The van der Waals surface area contributed by atoms with E-state index in [1.165, 1.54) is 4.90 Å². The van der Waals surface area contributed by atoms with Gasteiger partial charge in [0.1, 0.15) is 0 Å². The zero-order valence-corrected chi connectivity index (χ0v) is 11.4. The van der Waals surface area contributed by atoms with Crippen LogP contribution in [-0.4, -0.2) is 28.8 Å². The Labute approximate surface area is 110 Å². The van der Waals surface area contributed by atoms with Crippen LogP contribution in [0.1, 0.15) is 18.1 Å². The Kier molecular flexibility index (Phi) is 3.34. The van der Waals surface area contributed by atoms with Gasteiger partial charge in [-0.3, -0.25) is 4.79 Å². The highest BCUT2D eigenvalue weighted by molar-refractivity contribution is 8.00. The number of nitrogens with zero attached hydrogens (tertiary/aromatic N) is 1. The summed E-state index contributed by atoms with van der Waals surface area (Å²) in [5, 5.41) is 9.11. The molecule has 4 nitrogen and oxygen atoms in total. The van der Waals surface area contributed by atoms with E-state index in [4.69, 9.17) is 5.11 Å². The minimum absolute atomic E-state index is 0.197. The third-order valence-corrected chi connectivity index (χ3v) is 4.27. The predicted molar refractivity (Wildman–Crippen MR) is 71.2 cm³/mol. The summed E-state index contributed by atoms with van der Waals surface area (Å²) in [6, 6.07) is 3.96. The molecular weight excluding hydrogens is 250 g/mol. The van der Waals surface area contributed by atoms with Crippen LogP contribution in [-0.2, 0) is 9.59 Å². The molecule has 1 aliphatic rings. The maximum absolute atomic E-state index is 11.8. The fraction of sp³-hybridized carbons (Fsp3) is 0.385. The highest BCUT2D eigenvalue weighted by Gasteiger charge is 2.32. The molecule has 1 N–H and O–H groups in total. The first-order valence-electron chi connectivity index (χ1n) is 5.73. The van der Waals surface area contributed by atoms with Crippen molar-refractivity contribution in [3.63, 3.8) is 0 Å². The van der Waals surface area contributed by atoms with Crippen LogP contribution in [0.4, 0.5) is 5.69 Å². The number of aliphatic carboxylic acids is 1. The Morgan fingerprint density at radius 1 is 1.39 bits per heavy atom. The molecule has 1 unspecified atom stereocenters. The van der Waals surface area contributed by atoms with E-state index in [1.54, 1.807) is 11.8 Å². The van der Waals surface area contributed by atoms with E-state index in [0.717, 1.165) is 21.7 Å². The smallest absolute Gasteiger partial charge is 0.394 e. The first-order chi connectivity index (χ1) is 8.41. The van der Waals surface area contributed by atoms with Crippen LogP contribution >= 0.6 is 11.8 Å². The van der Waals surface area contributed by atoms with E-state index < -0.39 is 11.9 Å². The lowest BCUT2D eigenvalue weighted by molar-refractivity contribution is -0.148. The number of hydrogen-bond acceptors (Lipinski definition) is 3. The van der Waals surface area contributed by atoms with Crippen LogP contribution in [0.5, 0.6) is 0 Å². The van der Waals surface area contributed by atoms with Gasteiger partial charge in [-0.25, -0.2) is 4.79 Å². The van der Waals surface area contributed by atoms with Gasteiger partial charge in [-0.1, -0.05) is 13.0 Å². The molecule has 1 atom stereocenters. The topological polar surface area (TPSA) is 57.6 Å². The lowest BCUT2D eigenvalue weighted by Gasteiger charge is -2.33. The van der Waals surface area contributed by atoms with Crippen LogP contribution in [0.2, 0.25) is 0 Å². The van der Waals surface area contributed by atoms with E-state index in [-0.39, 0.29) is 5.25 Å². The van der Waals surface area contributed by atoms with Gasteiger partial charge in [0.2, 0.25) is 0 Å². The number of hydrogen-bond donors (Lipinski definition) is 1. The van der Waals surface area contributed by atoms with Gasteiger partial charge in [0.05, 0.1) is 5.69 Å². The number of carboxylic acids is 1. The number of carbonyl (C=O) groups excluding carboxylic acids is 1. The maximum atomic E-state index is 11.8. The maximum Gasteiger partial charge on any atom is 0.394 e. The van der Waals surface area contributed by atoms with Crippen molar-refractivity contribution in [1.82, 2.24) is 0 Å². The standard InChI is InChI=1S/C13H15NO3S/c1-7-4-5-10-11(9(7)3)14(6-8(2)18-10)12(15)13(16)17/h4-5,8H,6H2,1-3H3,(H,16,17). The number of amides is 1. The Morgan fingerprint density at radius 3 is 2.67 bits per heavy atom. The molecule has 0 spiro atoms. The van der Waals surface area contributed by atoms with Crippen molar-refractivity contribution in [2.45, 2.75) is 30.9 Å². The van der Waals surface area contributed by atoms with Crippen LogP contribution < -0.4 is 4.90 Å². The van der Waals surface area contributed by atoms with Crippen LogP contribution in [0.3, 0.4) is 0 Å². The number of thioether (sulfide) groups is 1. The molecule has 0 saturated heterocycles. The summed E-state index contributed by atoms with van der Waals surface area (Å²) in [7, 11) is 0. The Balaban J connectivity index is 2.56. The summed E-state index contributed by atoms with van der Waals surface area (Å²) in [5.74, 6) is -2.25. The number of benzene rings is 1. The lowest BCUT2D eigenvalue weighted by Crippen LogP contribution is -2.42. The molecule has 0 bridgehead atoms. The number of carboxylic acid groups (broad SMARTS) is 1. The fourth-order valence-electron chi connectivity index (χ4n) is 2.11. The van der Waals surface area contributed by atoms with Gasteiger partial charge in [0.25, 0.3) is 0 Å².